The van der Waals surface area contributed by atoms with Gasteiger partial charge in [-0.25, -0.2) is 0 Å². The zero-order valence-corrected chi connectivity index (χ0v) is 10.5. The van der Waals surface area contributed by atoms with E-state index in [2.05, 4.69) is 32.9 Å². The van der Waals surface area contributed by atoms with Crippen LogP contribution in [0.3, 0.4) is 0 Å². The van der Waals surface area contributed by atoms with Gasteiger partial charge in [0.15, 0.2) is 0 Å². The van der Waals surface area contributed by atoms with Crippen molar-refractivity contribution < 1.29 is 9.52 Å². The minimum Gasteiger partial charge on any atom is -0.466 e. The summed E-state index contributed by atoms with van der Waals surface area (Å²) in [5.41, 5.74) is 2.24. The summed E-state index contributed by atoms with van der Waals surface area (Å²) in [5, 5.41) is 10.1. The van der Waals surface area contributed by atoms with Crippen molar-refractivity contribution in [3.8, 4) is 0 Å². The molecule has 1 atom stereocenters. The van der Waals surface area contributed by atoms with E-state index in [1.807, 2.05) is 12.1 Å². The fraction of sp³-hybridized carbons (Fsp3) is 0.333. The lowest BCUT2D eigenvalue weighted by Gasteiger charge is -2.19. The molecule has 0 fully saturated rings. The zero-order valence-electron chi connectivity index (χ0n) is 10.5. The van der Waals surface area contributed by atoms with Gasteiger partial charge in [0, 0.05) is 0 Å². The van der Waals surface area contributed by atoms with Crippen LogP contribution >= 0.6 is 0 Å². The van der Waals surface area contributed by atoms with Crippen LogP contribution in [0.5, 0.6) is 0 Å². The van der Waals surface area contributed by atoms with Crippen LogP contribution < -0.4 is 0 Å². The fourth-order valence-electron chi connectivity index (χ4n) is 1.78. The number of hydrogen-bond acceptors (Lipinski definition) is 2. The molecule has 0 aliphatic rings. The van der Waals surface area contributed by atoms with Crippen molar-refractivity contribution in [1.29, 1.82) is 0 Å². The molecule has 1 N–H and O–H groups in total. The predicted octanol–water partition coefficient (Wildman–Crippen LogP) is 3.66. The lowest BCUT2D eigenvalue weighted by Crippen LogP contribution is -2.11. The maximum atomic E-state index is 10.1. The second-order valence-electron chi connectivity index (χ2n) is 5.29. The number of aliphatic hydroxyl groups is 1. The van der Waals surface area contributed by atoms with E-state index in [-0.39, 0.29) is 5.41 Å². The summed E-state index contributed by atoms with van der Waals surface area (Å²) in [5.74, 6) is 0.577. The van der Waals surface area contributed by atoms with Gasteiger partial charge >= 0.3 is 0 Å². The largest absolute Gasteiger partial charge is 0.466 e. The highest BCUT2D eigenvalue weighted by atomic mass is 16.4. The Balaban J connectivity index is 2.24. The topological polar surface area (TPSA) is 33.4 Å². The molecule has 0 aliphatic heterocycles. The maximum absolute atomic E-state index is 10.1. The molecule has 0 saturated carbocycles. The highest BCUT2D eigenvalue weighted by Gasteiger charge is 2.16. The lowest BCUT2D eigenvalue weighted by molar-refractivity contribution is 0.189. The Hall–Kier alpha value is -1.54. The smallest absolute Gasteiger partial charge is 0.137 e. The molecule has 90 valence electrons. The van der Waals surface area contributed by atoms with Crippen molar-refractivity contribution in [2.75, 3.05) is 0 Å². The van der Waals surface area contributed by atoms with Gasteiger partial charge < -0.3 is 9.52 Å². The second kappa shape index (κ2) is 4.38. The Morgan fingerprint density at radius 1 is 1.06 bits per heavy atom. The molecule has 0 saturated heterocycles. The molecule has 0 unspecified atom stereocenters. The number of hydrogen-bond donors (Lipinski definition) is 1. The third-order valence-corrected chi connectivity index (χ3v) is 2.91. The van der Waals surface area contributed by atoms with E-state index in [4.69, 9.17) is 4.42 Å². The van der Waals surface area contributed by atoms with E-state index in [9.17, 15) is 5.11 Å². The molecular formula is C15H18O2. The summed E-state index contributed by atoms with van der Waals surface area (Å²) in [6.07, 6.45) is 0.890. The average molecular weight is 230 g/mol. The normalized spacial score (nSPS) is 13.6. The summed E-state index contributed by atoms with van der Waals surface area (Å²) in [6.45, 7) is 6.51. The second-order valence-corrected chi connectivity index (χ2v) is 5.29. The lowest BCUT2D eigenvalue weighted by atomic mass is 9.86. The van der Waals surface area contributed by atoms with Gasteiger partial charge in [0.2, 0.25) is 0 Å². The van der Waals surface area contributed by atoms with Gasteiger partial charge in [-0.3, -0.25) is 0 Å². The number of rotatable bonds is 2. The quantitative estimate of drug-likeness (QED) is 0.854. The predicted molar refractivity (Wildman–Crippen MR) is 67.9 cm³/mol. The molecule has 2 heteroatoms. The Morgan fingerprint density at radius 2 is 1.71 bits per heavy atom. The average Bonchev–Trinajstić information content (AvgIpc) is 2.80. The van der Waals surface area contributed by atoms with Crippen molar-refractivity contribution in [3.63, 3.8) is 0 Å². The summed E-state index contributed by atoms with van der Waals surface area (Å²) in [6, 6.07) is 11.6. The monoisotopic (exact) mass is 230 g/mol. The molecule has 2 nitrogen and oxygen atoms in total. The summed E-state index contributed by atoms with van der Waals surface area (Å²) >= 11 is 0. The van der Waals surface area contributed by atoms with Gasteiger partial charge in [0.25, 0.3) is 0 Å². The third-order valence-electron chi connectivity index (χ3n) is 2.91. The molecule has 1 aromatic heterocycles. The van der Waals surface area contributed by atoms with Crippen LogP contribution in [0.4, 0.5) is 0 Å². The summed E-state index contributed by atoms with van der Waals surface area (Å²) in [7, 11) is 0. The molecule has 0 radical (unpaired) electrons. The van der Waals surface area contributed by atoms with Crippen molar-refractivity contribution in [1.82, 2.24) is 0 Å². The first kappa shape index (κ1) is 11.9. The van der Waals surface area contributed by atoms with Crippen LogP contribution in [0, 0.1) is 0 Å². The number of benzene rings is 1. The number of aliphatic hydroxyl groups excluding tert-OH is 1. The Bertz CT molecular complexity index is 461. The van der Waals surface area contributed by atoms with E-state index in [0.29, 0.717) is 5.76 Å². The molecule has 1 aromatic carbocycles. The molecule has 0 bridgehead atoms. The molecule has 0 aliphatic carbocycles. The summed E-state index contributed by atoms with van der Waals surface area (Å²) < 4.78 is 5.20. The standard InChI is InChI=1S/C15H18O2/c1-15(2,3)12-8-6-11(7-9-12)14(16)13-5-4-10-17-13/h4-10,14,16H,1-3H3/t14-/m0/s1. The highest BCUT2D eigenvalue weighted by molar-refractivity contribution is 5.31. The van der Waals surface area contributed by atoms with Crippen molar-refractivity contribution in [2.45, 2.75) is 32.3 Å². The number of furan rings is 1. The van der Waals surface area contributed by atoms with Crippen molar-refractivity contribution in [3.05, 3.63) is 59.5 Å². The summed E-state index contributed by atoms with van der Waals surface area (Å²) in [4.78, 5) is 0. The minimum absolute atomic E-state index is 0.133. The zero-order chi connectivity index (χ0) is 12.5. The fourth-order valence-corrected chi connectivity index (χ4v) is 1.78. The van der Waals surface area contributed by atoms with Crippen LogP contribution in [-0.2, 0) is 5.41 Å². The van der Waals surface area contributed by atoms with Crippen molar-refractivity contribution in [2.24, 2.45) is 0 Å². The van der Waals surface area contributed by atoms with Crippen LogP contribution in [0.1, 0.15) is 43.8 Å². The molecule has 2 rings (SSSR count). The van der Waals surface area contributed by atoms with Gasteiger partial charge in [-0.05, 0) is 28.7 Å². The van der Waals surface area contributed by atoms with Gasteiger partial charge in [-0.2, -0.15) is 0 Å². The Labute approximate surface area is 102 Å². The van der Waals surface area contributed by atoms with Gasteiger partial charge in [-0.1, -0.05) is 45.0 Å². The Kier molecular flexibility index (Phi) is 3.07. The molecule has 17 heavy (non-hydrogen) atoms. The third kappa shape index (κ3) is 2.59. The van der Waals surface area contributed by atoms with E-state index in [0.717, 1.165) is 5.56 Å². The van der Waals surface area contributed by atoms with Crippen molar-refractivity contribution >= 4 is 0 Å². The SMILES string of the molecule is CC(C)(C)c1ccc([C@H](O)c2ccco2)cc1. The van der Waals surface area contributed by atoms with Crippen LogP contribution in [0.15, 0.2) is 47.1 Å². The first-order chi connectivity index (χ1) is 7.98. The van der Waals surface area contributed by atoms with E-state index in [1.54, 1.807) is 18.4 Å². The van der Waals surface area contributed by atoms with E-state index >= 15 is 0 Å². The van der Waals surface area contributed by atoms with E-state index in [1.165, 1.54) is 5.56 Å². The highest BCUT2D eigenvalue weighted by Crippen LogP contribution is 2.26. The van der Waals surface area contributed by atoms with E-state index < -0.39 is 6.10 Å². The van der Waals surface area contributed by atoms with Gasteiger partial charge in [-0.15, -0.1) is 0 Å². The van der Waals surface area contributed by atoms with Crippen LogP contribution in [-0.4, -0.2) is 5.11 Å². The molecule has 2 aromatic rings. The maximum Gasteiger partial charge on any atom is 0.137 e. The first-order valence-electron chi connectivity index (χ1n) is 5.80. The van der Waals surface area contributed by atoms with Gasteiger partial charge in [0.05, 0.1) is 6.26 Å². The minimum atomic E-state index is -0.681. The first-order valence-corrected chi connectivity index (χ1v) is 5.80. The molecule has 1 heterocycles. The van der Waals surface area contributed by atoms with Crippen LogP contribution in [0.25, 0.3) is 0 Å². The van der Waals surface area contributed by atoms with Crippen LogP contribution in [0.2, 0.25) is 0 Å². The Morgan fingerprint density at radius 3 is 2.18 bits per heavy atom. The van der Waals surface area contributed by atoms with Gasteiger partial charge in [0.1, 0.15) is 11.9 Å². The molecule has 0 amide bonds. The molecular weight excluding hydrogens is 212 g/mol. The molecule has 0 spiro atoms.